The van der Waals surface area contributed by atoms with E-state index in [1.807, 2.05) is 0 Å². The van der Waals surface area contributed by atoms with Crippen molar-refractivity contribution in [2.75, 3.05) is 26.3 Å². The fourth-order valence-corrected chi connectivity index (χ4v) is 2.65. The molecule has 0 N–H and O–H groups in total. The molecule has 0 saturated carbocycles. The number of rotatable bonds is 4. The SMILES string of the molecule is CC#CC#CC#CC12OCC(CC)(CO1)CN2CCCC.[HH].[HH].[HH].[HH].[HH].[HH]. The van der Waals surface area contributed by atoms with E-state index in [0.29, 0.717) is 13.2 Å². The highest BCUT2D eigenvalue weighted by molar-refractivity contribution is 5.36. The Labute approximate surface area is 137 Å². The molecule has 0 amide bonds. The number of fused-ring (bicyclic) bond motifs is 3. The zero-order chi connectivity index (χ0) is 15.2. The summed E-state index contributed by atoms with van der Waals surface area (Å²) in [6, 6.07) is 0. The molecule has 0 aromatic carbocycles. The molecule has 0 aromatic heterocycles. The van der Waals surface area contributed by atoms with Crippen LogP contribution < -0.4 is 0 Å². The first kappa shape index (κ1) is 15.9. The molecular formula is C18H35NO2. The van der Waals surface area contributed by atoms with Gasteiger partial charge in [0.2, 0.25) is 0 Å². The monoisotopic (exact) mass is 297 g/mol. The zero-order valence-electron chi connectivity index (χ0n) is 13.2. The summed E-state index contributed by atoms with van der Waals surface area (Å²) in [6.07, 6.45) is 3.32. The van der Waals surface area contributed by atoms with Crippen LogP contribution in [0.5, 0.6) is 0 Å². The lowest BCUT2D eigenvalue weighted by Gasteiger charge is -2.56. The summed E-state index contributed by atoms with van der Waals surface area (Å²) in [6.45, 7) is 9.49. The predicted octanol–water partition coefficient (Wildman–Crippen LogP) is 3.71. The second-order valence-corrected chi connectivity index (χ2v) is 5.66. The fraction of sp³-hybridized carbons (Fsp3) is 0.667. The van der Waals surface area contributed by atoms with Crippen LogP contribution in [0.3, 0.4) is 0 Å². The highest BCUT2D eigenvalue weighted by Crippen LogP contribution is 2.42. The predicted molar refractivity (Wildman–Crippen MR) is 95.5 cm³/mol. The van der Waals surface area contributed by atoms with E-state index in [-0.39, 0.29) is 14.0 Å². The van der Waals surface area contributed by atoms with Crippen molar-refractivity contribution >= 4 is 0 Å². The summed E-state index contributed by atoms with van der Waals surface area (Å²) in [5.41, 5.74) is 0.122. The van der Waals surface area contributed by atoms with Crippen molar-refractivity contribution in [3.05, 3.63) is 0 Å². The van der Waals surface area contributed by atoms with E-state index in [1.165, 1.54) is 0 Å². The molecule has 3 heteroatoms. The van der Waals surface area contributed by atoms with Crippen LogP contribution in [0.15, 0.2) is 0 Å². The van der Waals surface area contributed by atoms with Crippen LogP contribution in [0.25, 0.3) is 0 Å². The molecule has 0 atom stereocenters. The van der Waals surface area contributed by atoms with Gasteiger partial charge in [0.05, 0.1) is 13.2 Å². The molecule has 3 aliphatic heterocycles. The van der Waals surface area contributed by atoms with Gasteiger partial charge in [-0.2, -0.15) is 0 Å². The van der Waals surface area contributed by atoms with E-state index < -0.39 is 5.91 Å². The molecule has 0 aliphatic carbocycles. The van der Waals surface area contributed by atoms with E-state index in [9.17, 15) is 0 Å². The van der Waals surface area contributed by atoms with Crippen LogP contribution in [0, 0.1) is 40.9 Å². The van der Waals surface area contributed by atoms with Gasteiger partial charge in [-0.25, -0.2) is 4.90 Å². The molecule has 0 spiro atoms. The number of hydrogen-bond donors (Lipinski definition) is 0. The molecule has 21 heavy (non-hydrogen) atoms. The van der Waals surface area contributed by atoms with E-state index in [2.05, 4.69) is 54.3 Å². The maximum absolute atomic E-state index is 6.00. The number of ether oxygens (including phenoxy) is 2. The summed E-state index contributed by atoms with van der Waals surface area (Å²) in [4.78, 5) is 2.23. The van der Waals surface area contributed by atoms with E-state index in [1.54, 1.807) is 6.92 Å². The van der Waals surface area contributed by atoms with Crippen LogP contribution in [0.1, 0.15) is 48.6 Å². The first-order valence-corrected chi connectivity index (χ1v) is 7.67. The Bertz CT molecular complexity index is 560. The summed E-state index contributed by atoms with van der Waals surface area (Å²) in [7, 11) is 0. The third kappa shape index (κ3) is 3.42. The molecular weight excluding hydrogens is 262 g/mol. The first-order chi connectivity index (χ1) is 10.2. The van der Waals surface area contributed by atoms with E-state index in [4.69, 9.17) is 9.47 Å². The van der Waals surface area contributed by atoms with Crippen molar-refractivity contribution < 1.29 is 18.0 Å². The van der Waals surface area contributed by atoms with E-state index in [0.717, 1.165) is 32.4 Å². The normalized spacial score (nSPS) is 30.4. The fourth-order valence-electron chi connectivity index (χ4n) is 2.65. The van der Waals surface area contributed by atoms with Gasteiger partial charge < -0.3 is 9.47 Å². The molecule has 3 nitrogen and oxygen atoms in total. The Morgan fingerprint density at radius 1 is 1.10 bits per heavy atom. The van der Waals surface area contributed by atoms with Gasteiger partial charge in [-0.05, 0) is 49.4 Å². The molecule has 3 saturated heterocycles. The van der Waals surface area contributed by atoms with Crippen molar-refractivity contribution in [2.45, 2.75) is 45.9 Å². The highest BCUT2D eigenvalue weighted by atomic mass is 16.7. The third-order valence-electron chi connectivity index (χ3n) is 4.16. The molecule has 3 heterocycles. The Kier molecular flexibility index (Phi) is 5.33. The third-order valence-corrected chi connectivity index (χ3v) is 4.16. The topological polar surface area (TPSA) is 21.7 Å². The van der Waals surface area contributed by atoms with Gasteiger partial charge in [-0.3, -0.25) is 0 Å². The van der Waals surface area contributed by atoms with E-state index >= 15 is 0 Å². The maximum atomic E-state index is 6.00. The number of nitrogens with zero attached hydrogens (tertiary/aromatic N) is 1. The minimum atomic E-state index is -0.902. The van der Waals surface area contributed by atoms with Crippen molar-refractivity contribution in [2.24, 2.45) is 5.41 Å². The quantitative estimate of drug-likeness (QED) is 0.738. The van der Waals surface area contributed by atoms with Crippen LogP contribution in [0.2, 0.25) is 0 Å². The van der Waals surface area contributed by atoms with Gasteiger partial charge in [-0.1, -0.05) is 26.2 Å². The van der Waals surface area contributed by atoms with Crippen LogP contribution >= 0.6 is 0 Å². The molecule has 3 aliphatic rings. The van der Waals surface area contributed by atoms with Crippen LogP contribution in [-0.4, -0.2) is 37.1 Å². The van der Waals surface area contributed by atoms with Crippen molar-refractivity contribution in [3.63, 3.8) is 0 Å². The van der Waals surface area contributed by atoms with Gasteiger partial charge in [0.1, 0.15) is 0 Å². The zero-order valence-corrected chi connectivity index (χ0v) is 13.2. The van der Waals surface area contributed by atoms with Gasteiger partial charge in [0, 0.05) is 27.1 Å². The summed E-state index contributed by atoms with van der Waals surface area (Å²) >= 11 is 0. The van der Waals surface area contributed by atoms with Crippen molar-refractivity contribution in [1.29, 1.82) is 0 Å². The Balaban J connectivity index is -0.000000269. The minimum Gasteiger partial charge on any atom is -0.326 e. The summed E-state index contributed by atoms with van der Waals surface area (Å²) in [5, 5.41) is 0. The molecule has 3 fully saturated rings. The highest BCUT2D eigenvalue weighted by Gasteiger charge is 2.54. The standard InChI is InChI=1S/C18H23NO2.6H2/c1-4-7-9-10-11-12-18-19(13-8-5-2)14-17(6-3,15-20-18)16-21-18;;;;;;/h5-6,8,13-16H2,1-3H3;6*1H. The lowest BCUT2D eigenvalue weighted by Crippen LogP contribution is -2.68. The molecule has 0 radical (unpaired) electrons. The van der Waals surface area contributed by atoms with Crippen molar-refractivity contribution in [1.82, 2.24) is 4.90 Å². The average Bonchev–Trinajstić information content (AvgIpc) is 2.54. The molecule has 2 bridgehead atoms. The van der Waals surface area contributed by atoms with Gasteiger partial charge in [0.15, 0.2) is 0 Å². The average molecular weight is 297 g/mol. The molecule has 3 rings (SSSR count). The maximum Gasteiger partial charge on any atom is 0.299 e. The molecule has 124 valence electrons. The lowest BCUT2D eigenvalue weighted by atomic mass is 9.83. The molecule has 0 aromatic rings. The second-order valence-electron chi connectivity index (χ2n) is 5.66. The largest absolute Gasteiger partial charge is 0.326 e. The minimum absolute atomic E-state index is 0. The first-order valence-electron chi connectivity index (χ1n) is 7.67. The van der Waals surface area contributed by atoms with Gasteiger partial charge >= 0.3 is 0 Å². The second kappa shape index (κ2) is 7.02. The Morgan fingerprint density at radius 3 is 2.43 bits per heavy atom. The lowest BCUT2D eigenvalue weighted by molar-refractivity contribution is -0.380. The van der Waals surface area contributed by atoms with Crippen molar-refractivity contribution in [3.8, 4) is 35.5 Å². The van der Waals surface area contributed by atoms with Gasteiger partial charge in [-0.15, -0.1) is 0 Å². The Hall–Kier alpha value is -1.44. The van der Waals surface area contributed by atoms with Crippen LogP contribution in [-0.2, 0) is 9.47 Å². The van der Waals surface area contributed by atoms with Crippen LogP contribution in [0.4, 0.5) is 0 Å². The van der Waals surface area contributed by atoms with Gasteiger partial charge in [0.25, 0.3) is 5.91 Å². The molecule has 0 unspecified atom stereocenters. The smallest absolute Gasteiger partial charge is 0.299 e. The summed E-state index contributed by atoms with van der Waals surface area (Å²) in [5.74, 6) is 15.8. The number of hydrogen-bond acceptors (Lipinski definition) is 3. The summed E-state index contributed by atoms with van der Waals surface area (Å²) < 4.78 is 12.0. The Morgan fingerprint density at radius 2 is 1.81 bits per heavy atom. The number of unbranched alkanes of at least 4 members (excludes halogenated alkanes) is 1.